The van der Waals surface area contributed by atoms with E-state index < -0.39 is 0 Å². The topological polar surface area (TPSA) is 26.0 Å². The van der Waals surface area contributed by atoms with Crippen LogP contribution in [-0.2, 0) is 5.75 Å². The Morgan fingerprint density at radius 3 is 2.55 bits per heavy atom. The minimum Gasteiger partial charge on any atom is -0.327 e. The number of hydrogen-bond donors (Lipinski definition) is 1. The van der Waals surface area contributed by atoms with Gasteiger partial charge in [-0.1, -0.05) is 59.6 Å². The number of aryl methyl sites for hydroxylation is 1. The summed E-state index contributed by atoms with van der Waals surface area (Å²) in [4.78, 5) is 0. The van der Waals surface area contributed by atoms with E-state index in [4.69, 9.17) is 17.3 Å². The average molecular weight is 306 g/mol. The molecule has 1 nitrogen and oxygen atoms in total. The number of benzene rings is 2. The minimum absolute atomic E-state index is 0.101. The van der Waals surface area contributed by atoms with Crippen molar-refractivity contribution in [1.82, 2.24) is 0 Å². The zero-order chi connectivity index (χ0) is 14.5. The summed E-state index contributed by atoms with van der Waals surface area (Å²) in [5, 5.41) is 1.11. The van der Waals surface area contributed by atoms with Gasteiger partial charge in [0.2, 0.25) is 0 Å². The van der Waals surface area contributed by atoms with Crippen molar-refractivity contribution in [3.8, 4) is 0 Å². The summed E-state index contributed by atoms with van der Waals surface area (Å²) >= 11 is 8.06. The van der Waals surface area contributed by atoms with Gasteiger partial charge >= 0.3 is 0 Å². The van der Waals surface area contributed by atoms with E-state index in [2.05, 4.69) is 44.2 Å². The lowest BCUT2D eigenvalue weighted by Gasteiger charge is -2.21. The Morgan fingerprint density at radius 2 is 1.90 bits per heavy atom. The van der Waals surface area contributed by atoms with Gasteiger partial charge in [-0.15, -0.1) is 11.8 Å². The molecule has 0 fully saturated rings. The van der Waals surface area contributed by atoms with E-state index in [0.29, 0.717) is 0 Å². The standard InChI is InChI=1S/C17H20ClNS/c1-12-6-5-8-14(10-12)17(13(2)19)20-11-15-7-3-4-9-16(15)18/h3-10,13,17H,11,19H2,1-2H3. The summed E-state index contributed by atoms with van der Waals surface area (Å²) in [6.45, 7) is 4.17. The summed E-state index contributed by atoms with van der Waals surface area (Å²) in [7, 11) is 0. The third-order valence-corrected chi connectivity index (χ3v) is 5.13. The van der Waals surface area contributed by atoms with Crippen LogP contribution in [0.5, 0.6) is 0 Å². The summed E-state index contributed by atoms with van der Waals surface area (Å²) < 4.78 is 0. The molecule has 0 bridgehead atoms. The predicted molar refractivity (Wildman–Crippen MR) is 90.3 cm³/mol. The third-order valence-electron chi connectivity index (χ3n) is 3.22. The molecular weight excluding hydrogens is 286 g/mol. The lowest BCUT2D eigenvalue weighted by molar-refractivity contribution is 0.721. The maximum Gasteiger partial charge on any atom is 0.0449 e. The molecule has 0 amide bonds. The molecule has 3 heteroatoms. The van der Waals surface area contributed by atoms with Gasteiger partial charge in [0.1, 0.15) is 0 Å². The normalized spacial score (nSPS) is 14.0. The molecule has 0 aliphatic rings. The maximum absolute atomic E-state index is 6.21. The van der Waals surface area contributed by atoms with E-state index in [1.54, 1.807) is 0 Å². The number of halogens is 1. The molecule has 2 N–H and O–H groups in total. The van der Waals surface area contributed by atoms with Gasteiger partial charge in [-0.25, -0.2) is 0 Å². The van der Waals surface area contributed by atoms with Crippen molar-refractivity contribution in [2.24, 2.45) is 5.73 Å². The second-order valence-electron chi connectivity index (χ2n) is 5.10. The molecule has 0 radical (unpaired) electrons. The van der Waals surface area contributed by atoms with Crippen LogP contribution >= 0.6 is 23.4 Å². The van der Waals surface area contributed by atoms with Gasteiger partial charge in [-0.05, 0) is 31.0 Å². The molecule has 0 aliphatic heterocycles. The van der Waals surface area contributed by atoms with Crippen molar-refractivity contribution < 1.29 is 0 Å². The molecule has 0 spiro atoms. The van der Waals surface area contributed by atoms with Crippen LogP contribution < -0.4 is 5.73 Å². The Hall–Kier alpha value is -0.960. The van der Waals surface area contributed by atoms with Crippen LogP contribution in [0, 0.1) is 6.92 Å². The van der Waals surface area contributed by atoms with Crippen LogP contribution in [0.25, 0.3) is 0 Å². The lowest BCUT2D eigenvalue weighted by Crippen LogP contribution is -2.22. The molecular formula is C17H20ClNS. The molecule has 2 atom stereocenters. The van der Waals surface area contributed by atoms with E-state index in [9.17, 15) is 0 Å². The Kier molecular flexibility index (Phi) is 5.53. The van der Waals surface area contributed by atoms with E-state index >= 15 is 0 Å². The summed E-state index contributed by atoms with van der Waals surface area (Å²) in [6, 6.07) is 16.7. The van der Waals surface area contributed by atoms with Crippen molar-refractivity contribution in [2.45, 2.75) is 30.9 Å². The van der Waals surface area contributed by atoms with Gasteiger partial charge in [0.05, 0.1) is 0 Å². The Bertz CT molecular complexity index is 568. The predicted octanol–water partition coefficient (Wildman–Crippen LogP) is 4.97. The SMILES string of the molecule is Cc1cccc(C(SCc2ccccc2Cl)C(C)N)c1. The molecule has 0 saturated carbocycles. The van der Waals surface area contributed by atoms with Crippen molar-refractivity contribution >= 4 is 23.4 Å². The molecule has 2 unspecified atom stereocenters. The van der Waals surface area contributed by atoms with Gasteiger partial charge in [0.25, 0.3) is 0 Å². The van der Waals surface area contributed by atoms with Gasteiger partial charge in [-0.3, -0.25) is 0 Å². The van der Waals surface area contributed by atoms with Crippen molar-refractivity contribution in [3.63, 3.8) is 0 Å². The quantitative estimate of drug-likeness (QED) is 0.844. The van der Waals surface area contributed by atoms with E-state index in [0.717, 1.165) is 16.3 Å². The molecule has 0 aliphatic carbocycles. The molecule has 20 heavy (non-hydrogen) atoms. The van der Waals surface area contributed by atoms with E-state index in [1.165, 1.54) is 11.1 Å². The zero-order valence-corrected chi connectivity index (χ0v) is 13.4. The number of thioether (sulfide) groups is 1. The molecule has 0 aromatic heterocycles. The zero-order valence-electron chi connectivity index (χ0n) is 11.8. The molecule has 2 aromatic carbocycles. The first-order valence-electron chi connectivity index (χ1n) is 6.75. The van der Waals surface area contributed by atoms with Crippen molar-refractivity contribution in [1.29, 1.82) is 0 Å². The number of rotatable bonds is 5. The summed E-state index contributed by atoms with van der Waals surface area (Å²) in [5.74, 6) is 0.875. The van der Waals surface area contributed by atoms with Crippen LogP contribution in [0.3, 0.4) is 0 Å². The van der Waals surface area contributed by atoms with Crippen LogP contribution in [0.15, 0.2) is 48.5 Å². The van der Waals surface area contributed by atoms with E-state index in [-0.39, 0.29) is 11.3 Å². The second-order valence-corrected chi connectivity index (χ2v) is 6.63. The molecule has 0 saturated heterocycles. The highest BCUT2D eigenvalue weighted by Gasteiger charge is 2.17. The smallest absolute Gasteiger partial charge is 0.0449 e. The van der Waals surface area contributed by atoms with Gasteiger partial charge in [0.15, 0.2) is 0 Å². The fourth-order valence-corrected chi connectivity index (χ4v) is 3.73. The number of nitrogens with two attached hydrogens (primary N) is 1. The highest BCUT2D eigenvalue weighted by Crippen LogP contribution is 2.35. The largest absolute Gasteiger partial charge is 0.327 e. The van der Waals surface area contributed by atoms with Crippen molar-refractivity contribution in [2.75, 3.05) is 0 Å². The van der Waals surface area contributed by atoms with Crippen molar-refractivity contribution in [3.05, 3.63) is 70.2 Å². The minimum atomic E-state index is 0.101. The second kappa shape index (κ2) is 7.16. The van der Waals surface area contributed by atoms with Gasteiger partial charge < -0.3 is 5.73 Å². The fraction of sp³-hybridized carbons (Fsp3) is 0.294. The molecule has 0 heterocycles. The number of hydrogen-bond acceptors (Lipinski definition) is 2. The van der Waals surface area contributed by atoms with Crippen LogP contribution in [0.2, 0.25) is 5.02 Å². The molecule has 2 aromatic rings. The first kappa shape index (κ1) is 15.4. The Morgan fingerprint density at radius 1 is 1.15 bits per heavy atom. The van der Waals surface area contributed by atoms with Crippen LogP contribution in [-0.4, -0.2) is 6.04 Å². The Labute approximate surface area is 130 Å². The van der Waals surface area contributed by atoms with Gasteiger partial charge in [-0.2, -0.15) is 0 Å². The van der Waals surface area contributed by atoms with Gasteiger partial charge in [0, 0.05) is 22.1 Å². The molecule has 106 valence electrons. The third kappa shape index (κ3) is 4.02. The monoisotopic (exact) mass is 305 g/mol. The summed E-state index contributed by atoms with van der Waals surface area (Å²) in [6.07, 6.45) is 0. The summed E-state index contributed by atoms with van der Waals surface area (Å²) in [5.41, 5.74) is 9.89. The highest BCUT2D eigenvalue weighted by atomic mass is 35.5. The van der Waals surface area contributed by atoms with Crippen LogP contribution in [0.4, 0.5) is 0 Å². The highest BCUT2D eigenvalue weighted by molar-refractivity contribution is 7.98. The lowest BCUT2D eigenvalue weighted by atomic mass is 10.0. The van der Waals surface area contributed by atoms with Crippen LogP contribution in [0.1, 0.15) is 28.9 Å². The van der Waals surface area contributed by atoms with E-state index in [1.807, 2.05) is 30.0 Å². The Balaban J connectivity index is 2.13. The first-order valence-corrected chi connectivity index (χ1v) is 8.18. The average Bonchev–Trinajstić information content (AvgIpc) is 2.41. The first-order chi connectivity index (χ1) is 9.58. The maximum atomic E-state index is 6.21. The fourth-order valence-electron chi connectivity index (χ4n) is 2.19. The molecule has 2 rings (SSSR count).